The summed E-state index contributed by atoms with van der Waals surface area (Å²) >= 11 is 0. The number of aromatic nitrogens is 1. The van der Waals surface area contributed by atoms with Crippen LogP contribution in [0.15, 0.2) is 120 Å². The minimum Gasteiger partial charge on any atom is -0.457 e. The number of rotatable bonds is 5. The van der Waals surface area contributed by atoms with Crippen LogP contribution in [0.1, 0.15) is 60.7 Å². The van der Waals surface area contributed by atoms with E-state index in [1.165, 1.54) is 11.1 Å². The van der Waals surface area contributed by atoms with E-state index < -0.39 is 0 Å². The van der Waals surface area contributed by atoms with Gasteiger partial charge in [0, 0.05) is 45.1 Å². The number of nitrogens with zero attached hydrogens (tertiary/aromatic N) is 2. The van der Waals surface area contributed by atoms with E-state index in [-0.39, 0.29) is 11.6 Å². The molecule has 3 heterocycles. The minimum absolute atomic E-state index is 0.108. The van der Waals surface area contributed by atoms with E-state index >= 15 is 0 Å². The second-order valence-corrected chi connectivity index (χ2v) is 10.5. The Kier molecular flexibility index (Phi) is 5.96. The summed E-state index contributed by atoms with van der Waals surface area (Å²) in [5.41, 5.74) is 9.81. The first kappa shape index (κ1) is 24.3. The summed E-state index contributed by atoms with van der Waals surface area (Å²) in [6.45, 7) is 4.56. The van der Waals surface area contributed by atoms with E-state index in [0.717, 1.165) is 63.7 Å². The standard InChI is InChI=1S/C36H31N3O/c1-3-36(4-2)28-15-6-8-18-32(28)40-33-20-19-25(23-29(33)36)34-27-14-5-7-17-31(27)38-35(39-34)26-13-11-12-24(22-26)30-16-9-10-21-37-30/h5-23,35,38H,3-4H2,1-2H3. The van der Waals surface area contributed by atoms with Crippen molar-refractivity contribution in [2.75, 3.05) is 5.32 Å². The van der Waals surface area contributed by atoms with Crippen molar-refractivity contribution >= 4 is 11.4 Å². The van der Waals surface area contributed by atoms with Crippen molar-refractivity contribution in [1.82, 2.24) is 4.98 Å². The summed E-state index contributed by atoms with van der Waals surface area (Å²) in [4.78, 5) is 9.89. The zero-order chi connectivity index (χ0) is 27.1. The molecule has 5 aromatic rings. The van der Waals surface area contributed by atoms with E-state index in [9.17, 15) is 0 Å². The number of pyridine rings is 1. The molecule has 4 nitrogen and oxygen atoms in total. The molecule has 40 heavy (non-hydrogen) atoms. The normalized spacial score (nSPS) is 16.4. The smallest absolute Gasteiger partial charge is 0.145 e. The second kappa shape index (κ2) is 9.80. The Labute approximate surface area is 235 Å². The fraction of sp³-hybridized carbons (Fsp3) is 0.167. The molecule has 0 spiro atoms. The SMILES string of the molecule is CCC1(CC)c2ccccc2Oc2ccc(C3=NC(c4cccc(-c5ccccn5)c4)Nc4ccccc43)cc21. The van der Waals surface area contributed by atoms with Gasteiger partial charge < -0.3 is 10.1 Å². The Morgan fingerprint density at radius 2 is 1.52 bits per heavy atom. The van der Waals surface area contributed by atoms with Gasteiger partial charge in [-0.2, -0.15) is 0 Å². The molecule has 0 saturated heterocycles. The van der Waals surface area contributed by atoms with Crippen LogP contribution in [0.2, 0.25) is 0 Å². The van der Waals surface area contributed by atoms with Crippen molar-refractivity contribution in [3.05, 3.63) is 143 Å². The van der Waals surface area contributed by atoms with Crippen LogP contribution in [0.25, 0.3) is 11.3 Å². The zero-order valence-corrected chi connectivity index (χ0v) is 22.8. The number of ether oxygens (including phenoxy) is 1. The van der Waals surface area contributed by atoms with Crippen molar-refractivity contribution in [3.63, 3.8) is 0 Å². The van der Waals surface area contributed by atoms with E-state index in [2.05, 4.69) is 115 Å². The molecule has 1 aromatic heterocycles. The van der Waals surface area contributed by atoms with Crippen molar-refractivity contribution in [3.8, 4) is 22.8 Å². The molecule has 0 amide bonds. The Hall–Kier alpha value is -4.70. The molecule has 4 aromatic carbocycles. The van der Waals surface area contributed by atoms with Crippen molar-refractivity contribution < 1.29 is 4.74 Å². The third kappa shape index (κ3) is 3.91. The van der Waals surface area contributed by atoms with Gasteiger partial charge in [0.05, 0.1) is 11.4 Å². The number of benzene rings is 4. The molecule has 1 N–H and O–H groups in total. The van der Waals surface area contributed by atoms with Gasteiger partial charge in [-0.15, -0.1) is 0 Å². The number of hydrogen-bond donors (Lipinski definition) is 1. The summed E-state index contributed by atoms with van der Waals surface area (Å²) < 4.78 is 6.44. The molecule has 4 heteroatoms. The van der Waals surface area contributed by atoms with Crippen molar-refractivity contribution in [2.24, 2.45) is 4.99 Å². The van der Waals surface area contributed by atoms with Gasteiger partial charge in [-0.25, -0.2) is 0 Å². The first-order valence-corrected chi connectivity index (χ1v) is 14.1. The van der Waals surface area contributed by atoms with Crippen LogP contribution in [-0.4, -0.2) is 10.7 Å². The average molecular weight is 522 g/mol. The lowest BCUT2D eigenvalue weighted by Gasteiger charge is -2.39. The average Bonchev–Trinajstić information content (AvgIpc) is 3.03. The lowest BCUT2D eigenvalue weighted by atomic mass is 9.68. The maximum Gasteiger partial charge on any atom is 0.145 e. The Bertz CT molecular complexity index is 1740. The minimum atomic E-state index is -0.219. The zero-order valence-electron chi connectivity index (χ0n) is 22.8. The molecule has 1 atom stereocenters. The van der Waals surface area contributed by atoms with Crippen LogP contribution in [0.3, 0.4) is 0 Å². The Morgan fingerprint density at radius 1 is 0.725 bits per heavy atom. The molecule has 0 fully saturated rings. The molecule has 196 valence electrons. The topological polar surface area (TPSA) is 46.5 Å². The van der Waals surface area contributed by atoms with Crippen LogP contribution in [-0.2, 0) is 5.41 Å². The number of para-hydroxylation sites is 2. The summed E-state index contributed by atoms with van der Waals surface area (Å²) in [5.74, 6) is 1.90. The second-order valence-electron chi connectivity index (χ2n) is 10.5. The fourth-order valence-corrected chi connectivity index (χ4v) is 6.35. The van der Waals surface area contributed by atoms with Gasteiger partial charge >= 0.3 is 0 Å². The molecular weight excluding hydrogens is 490 g/mol. The van der Waals surface area contributed by atoms with Crippen molar-refractivity contribution in [1.29, 1.82) is 0 Å². The highest BCUT2D eigenvalue weighted by Gasteiger charge is 2.39. The Morgan fingerprint density at radius 3 is 2.38 bits per heavy atom. The molecule has 0 aliphatic carbocycles. The highest BCUT2D eigenvalue weighted by molar-refractivity contribution is 6.17. The highest BCUT2D eigenvalue weighted by Crippen LogP contribution is 2.52. The van der Waals surface area contributed by atoms with Gasteiger partial charge in [0.2, 0.25) is 0 Å². The van der Waals surface area contributed by atoms with Gasteiger partial charge in [-0.3, -0.25) is 9.98 Å². The van der Waals surface area contributed by atoms with E-state index in [1.54, 1.807) is 0 Å². The third-order valence-corrected chi connectivity index (χ3v) is 8.49. The molecule has 0 radical (unpaired) electrons. The number of nitrogens with one attached hydrogen (secondary N) is 1. The van der Waals surface area contributed by atoms with Crippen molar-refractivity contribution in [2.45, 2.75) is 38.3 Å². The largest absolute Gasteiger partial charge is 0.457 e. The lowest BCUT2D eigenvalue weighted by Crippen LogP contribution is -2.30. The van der Waals surface area contributed by atoms with Crippen LogP contribution in [0.5, 0.6) is 11.5 Å². The summed E-state index contributed by atoms with van der Waals surface area (Å²) in [5, 5.41) is 3.67. The first-order valence-electron chi connectivity index (χ1n) is 14.1. The fourth-order valence-electron chi connectivity index (χ4n) is 6.35. The third-order valence-electron chi connectivity index (χ3n) is 8.49. The summed E-state index contributed by atoms with van der Waals surface area (Å²) in [6, 6.07) is 38.0. The van der Waals surface area contributed by atoms with Gasteiger partial charge in [0.25, 0.3) is 0 Å². The maximum absolute atomic E-state index is 6.44. The van der Waals surface area contributed by atoms with Gasteiger partial charge in [-0.05, 0) is 66.9 Å². The monoisotopic (exact) mass is 521 g/mol. The molecule has 7 rings (SSSR count). The van der Waals surface area contributed by atoms with E-state index in [4.69, 9.17) is 9.73 Å². The van der Waals surface area contributed by atoms with Gasteiger partial charge in [0.15, 0.2) is 0 Å². The number of anilines is 1. The quantitative estimate of drug-likeness (QED) is 0.251. The molecule has 0 bridgehead atoms. The Balaban J connectivity index is 1.36. The molecule has 1 unspecified atom stereocenters. The lowest BCUT2D eigenvalue weighted by molar-refractivity contribution is 0.374. The van der Waals surface area contributed by atoms with Crippen LogP contribution in [0.4, 0.5) is 5.69 Å². The molecule has 2 aliphatic rings. The van der Waals surface area contributed by atoms with Crippen LogP contribution >= 0.6 is 0 Å². The number of hydrogen-bond acceptors (Lipinski definition) is 4. The first-order chi connectivity index (χ1) is 19.7. The van der Waals surface area contributed by atoms with E-state index in [0.29, 0.717) is 0 Å². The number of aliphatic imine (C=N–C) groups is 1. The molecular formula is C36H31N3O. The molecule has 2 aliphatic heterocycles. The number of fused-ring (bicyclic) bond motifs is 3. The highest BCUT2D eigenvalue weighted by atomic mass is 16.5. The van der Waals surface area contributed by atoms with Gasteiger partial charge in [-0.1, -0.05) is 74.5 Å². The summed E-state index contributed by atoms with van der Waals surface area (Å²) in [6.07, 6.45) is 3.60. The van der Waals surface area contributed by atoms with Crippen LogP contribution in [0, 0.1) is 0 Å². The predicted molar refractivity (Wildman–Crippen MR) is 162 cm³/mol. The maximum atomic E-state index is 6.44. The van der Waals surface area contributed by atoms with Crippen LogP contribution < -0.4 is 10.1 Å². The van der Waals surface area contributed by atoms with Gasteiger partial charge in [0.1, 0.15) is 17.7 Å². The molecule has 0 saturated carbocycles. The summed E-state index contributed by atoms with van der Waals surface area (Å²) in [7, 11) is 0. The predicted octanol–water partition coefficient (Wildman–Crippen LogP) is 8.92. The van der Waals surface area contributed by atoms with E-state index in [1.807, 2.05) is 24.4 Å².